The van der Waals surface area contributed by atoms with Crippen molar-refractivity contribution in [3.63, 3.8) is 0 Å². The van der Waals surface area contributed by atoms with Crippen molar-refractivity contribution in [3.8, 4) is 0 Å². The highest BCUT2D eigenvalue weighted by Crippen LogP contribution is 2.29. The first kappa shape index (κ1) is 19.6. The van der Waals surface area contributed by atoms with Gasteiger partial charge < -0.3 is 10.2 Å². The molecule has 0 saturated carbocycles. The summed E-state index contributed by atoms with van der Waals surface area (Å²) in [6, 6.07) is 4.10. The molecule has 0 radical (unpaired) electrons. The van der Waals surface area contributed by atoms with Crippen LogP contribution in [0.25, 0.3) is 0 Å². The molecular weight excluding hydrogens is 344 g/mol. The van der Waals surface area contributed by atoms with E-state index >= 15 is 0 Å². The van der Waals surface area contributed by atoms with E-state index in [2.05, 4.69) is 17.1 Å². The lowest BCUT2D eigenvalue weighted by atomic mass is 10.2. The summed E-state index contributed by atoms with van der Waals surface area (Å²) in [6.45, 7) is 4.80. The Morgan fingerprint density at radius 2 is 1.88 bits per heavy atom. The van der Waals surface area contributed by atoms with E-state index in [1.54, 1.807) is 0 Å². The van der Waals surface area contributed by atoms with Crippen molar-refractivity contribution >= 4 is 21.4 Å². The molecule has 2 rings (SSSR count). The molecular formula is C16H26N4O4S. The van der Waals surface area contributed by atoms with E-state index in [1.807, 2.05) is 7.05 Å². The third-order valence-electron chi connectivity index (χ3n) is 4.36. The van der Waals surface area contributed by atoms with Gasteiger partial charge in [0, 0.05) is 38.8 Å². The van der Waals surface area contributed by atoms with Crippen LogP contribution in [-0.4, -0.2) is 62.3 Å². The molecule has 0 amide bonds. The molecule has 0 aliphatic carbocycles. The lowest BCUT2D eigenvalue weighted by molar-refractivity contribution is -0.384. The minimum absolute atomic E-state index is 0.0251. The zero-order chi connectivity index (χ0) is 18.4. The molecule has 9 heteroatoms. The van der Waals surface area contributed by atoms with Crippen molar-refractivity contribution in [1.29, 1.82) is 0 Å². The second-order valence-electron chi connectivity index (χ2n) is 6.28. The van der Waals surface area contributed by atoms with Gasteiger partial charge in [-0.3, -0.25) is 10.1 Å². The maximum atomic E-state index is 12.7. The molecule has 140 valence electrons. The summed E-state index contributed by atoms with van der Waals surface area (Å²) in [5, 5.41) is 14.4. The highest BCUT2D eigenvalue weighted by Gasteiger charge is 2.29. The Morgan fingerprint density at radius 1 is 1.20 bits per heavy atom. The van der Waals surface area contributed by atoms with Crippen LogP contribution in [0.2, 0.25) is 0 Å². The van der Waals surface area contributed by atoms with Crippen LogP contribution in [0, 0.1) is 10.1 Å². The maximum Gasteiger partial charge on any atom is 0.293 e. The lowest BCUT2D eigenvalue weighted by Gasteiger charge is -2.31. The number of hydrogen-bond acceptors (Lipinski definition) is 6. The second-order valence-corrected chi connectivity index (χ2v) is 8.22. The van der Waals surface area contributed by atoms with Gasteiger partial charge in [0.25, 0.3) is 5.69 Å². The summed E-state index contributed by atoms with van der Waals surface area (Å²) in [5.41, 5.74) is 0.158. The van der Waals surface area contributed by atoms with E-state index in [4.69, 9.17) is 0 Å². The summed E-state index contributed by atoms with van der Waals surface area (Å²) < 4.78 is 26.9. The largest absolute Gasteiger partial charge is 0.379 e. The number of benzene rings is 1. The Labute approximate surface area is 149 Å². The van der Waals surface area contributed by atoms with E-state index < -0.39 is 14.9 Å². The quantitative estimate of drug-likeness (QED) is 0.428. The summed E-state index contributed by atoms with van der Waals surface area (Å²) in [6.07, 6.45) is 3.01. The van der Waals surface area contributed by atoms with Crippen LogP contribution in [0.5, 0.6) is 0 Å². The summed E-state index contributed by atoms with van der Waals surface area (Å²) in [4.78, 5) is 12.9. The van der Waals surface area contributed by atoms with Crippen LogP contribution in [0.1, 0.15) is 26.2 Å². The molecule has 1 saturated heterocycles. The fourth-order valence-electron chi connectivity index (χ4n) is 2.75. The van der Waals surface area contributed by atoms with Gasteiger partial charge in [0.1, 0.15) is 5.69 Å². The number of piperazine rings is 1. The smallest absolute Gasteiger partial charge is 0.293 e. The molecule has 0 unspecified atom stereocenters. The van der Waals surface area contributed by atoms with E-state index in [9.17, 15) is 18.5 Å². The number of anilines is 1. The second kappa shape index (κ2) is 8.59. The highest BCUT2D eigenvalue weighted by atomic mass is 32.2. The van der Waals surface area contributed by atoms with Crippen LogP contribution in [-0.2, 0) is 10.0 Å². The molecule has 8 nitrogen and oxygen atoms in total. The fourth-order valence-corrected chi connectivity index (χ4v) is 4.19. The number of nitro groups is 1. The Morgan fingerprint density at radius 3 is 2.48 bits per heavy atom. The number of likely N-dealkylation sites (N-methyl/N-ethyl adjacent to an activating group) is 1. The number of nitrogens with one attached hydrogen (secondary N) is 1. The minimum atomic E-state index is -3.71. The predicted molar refractivity (Wildman–Crippen MR) is 97.4 cm³/mol. The molecule has 0 spiro atoms. The van der Waals surface area contributed by atoms with Crippen molar-refractivity contribution < 1.29 is 13.3 Å². The van der Waals surface area contributed by atoms with Gasteiger partial charge in [0.05, 0.1) is 9.82 Å². The normalized spacial score (nSPS) is 16.7. The minimum Gasteiger partial charge on any atom is -0.379 e. The number of hydrogen-bond donors (Lipinski definition) is 1. The molecule has 1 aromatic carbocycles. The van der Waals surface area contributed by atoms with E-state index in [0.717, 1.165) is 25.3 Å². The van der Waals surface area contributed by atoms with Gasteiger partial charge in [-0.15, -0.1) is 0 Å². The van der Waals surface area contributed by atoms with E-state index in [-0.39, 0.29) is 10.6 Å². The zero-order valence-corrected chi connectivity index (χ0v) is 15.6. The van der Waals surface area contributed by atoms with Crippen LogP contribution in [0.4, 0.5) is 11.4 Å². The SMILES string of the molecule is CCCCCNc1ccc(S(=O)(=O)N2CCN(C)CC2)cc1[N+](=O)[O-]. The van der Waals surface area contributed by atoms with Gasteiger partial charge >= 0.3 is 0 Å². The molecule has 1 N–H and O–H groups in total. The van der Waals surface area contributed by atoms with E-state index in [1.165, 1.54) is 16.4 Å². The number of nitrogens with zero attached hydrogens (tertiary/aromatic N) is 3. The van der Waals surface area contributed by atoms with Crippen molar-refractivity contribution in [2.75, 3.05) is 45.1 Å². The Balaban J connectivity index is 2.21. The first-order valence-electron chi connectivity index (χ1n) is 8.57. The summed E-state index contributed by atoms with van der Waals surface area (Å²) in [5.74, 6) is 0. The molecule has 1 aliphatic heterocycles. The molecule has 1 heterocycles. The third kappa shape index (κ3) is 4.90. The van der Waals surface area contributed by atoms with Crippen LogP contribution in [0.15, 0.2) is 23.1 Å². The lowest BCUT2D eigenvalue weighted by Crippen LogP contribution is -2.47. The van der Waals surface area contributed by atoms with Gasteiger partial charge in [-0.05, 0) is 25.6 Å². The fraction of sp³-hybridized carbons (Fsp3) is 0.625. The standard InChI is InChI=1S/C16H26N4O4S/c1-3-4-5-8-17-15-7-6-14(13-16(15)20(21)22)25(23,24)19-11-9-18(2)10-12-19/h6-7,13,17H,3-5,8-12H2,1-2H3. The van der Waals surface area contributed by atoms with Gasteiger partial charge in [0.2, 0.25) is 10.0 Å². The topological polar surface area (TPSA) is 95.8 Å². The summed E-state index contributed by atoms with van der Waals surface area (Å²) in [7, 11) is -1.77. The number of sulfonamides is 1. The van der Waals surface area contributed by atoms with Gasteiger partial charge in [-0.1, -0.05) is 19.8 Å². The highest BCUT2D eigenvalue weighted by molar-refractivity contribution is 7.89. The Bertz CT molecular complexity index is 700. The van der Waals surface area contributed by atoms with Crippen LogP contribution in [0.3, 0.4) is 0 Å². The monoisotopic (exact) mass is 370 g/mol. The zero-order valence-electron chi connectivity index (χ0n) is 14.8. The van der Waals surface area contributed by atoms with Crippen LogP contribution < -0.4 is 5.32 Å². The Hall–Kier alpha value is -1.71. The maximum absolute atomic E-state index is 12.7. The van der Waals surface area contributed by atoms with Crippen molar-refractivity contribution in [2.45, 2.75) is 31.1 Å². The molecule has 0 bridgehead atoms. The average molecular weight is 370 g/mol. The Kier molecular flexibility index (Phi) is 6.74. The van der Waals surface area contributed by atoms with Crippen molar-refractivity contribution in [2.24, 2.45) is 0 Å². The van der Waals surface area contributed by atoms with E-state index in [0.29, 0.717) is 38.4 Å². The van der Waals surface area contributed by atoms with Crippen LogP contribution >= 0.6 is 0 Å². The third-order valence-corrected chi connectivity index (χ3v) is 6.26. The first-order chi connectivity index (χ1) is 11.9. The molecule has 1 aromatic rings. The van der Waals surface area contributed by atoms with Crippen molar-refractivity contribution in [3.05, 3.63) is 28.3 Å². The molecule has 1 aliphatic rings. The molecule has 1 fully saturated rings. The first-order valence-corrected chi connectivity index (χ1v) is 10.0. The number of rotatable bonds is 8. The molecule has 0 aromatic heterocycles. The van der Waals surface area contributed by atoms with Gasteiger partial charge in [0.15, 0.2) is 0 Å². The number of nitro benzene ring substituents is 1. The van der Waals surface area contributed by atoms with Gasteiger partial charge in [-0.25, -0.2) is 8.42 Å². The van der Waals surface area contributed by atoms with Crippen molar-refractivity contribution in [1.82, 2.24) is 9.21 Å². The molecule has 25 heavy (non-hydrogen) atoms. The predicted octanol–water partition coefficient (Wildman–Crippen LogP) is 2.13. The average Bonchev–Trinajstić information content (AvgIpc) is 2.59. The summed E-state index contributed by atoms with van der Waals surface area (Å²) >= 11 is 0. The van der Waals surface area contributed by atoms with Gasteiger partial charge in [-0.2, -0.15) is 4.31 Å². The molecule has 0 atom stereocenters. The number of unbranched alkanes of at least 4 members (excludes halogenated alkanes) is 2.